The van der Waals surface area contributed by atoms with Crippen LogP contribution in [-0.2, 0) is 14.3 Å². The fourth-order valence-electron chi connectivity index (χ4n) is 7.60. The molecule has 0 radical (unpaired) electrons. The Hall–Kier alpha value is -1.42. The summed E-state index contributed by atoms with van der Waals surface area (Å²) in [4.78, 5) is 11.8. The van der Waals surface area contributed by atoms with Crippen LogP contribution in [0.25, 0.3) is 0 Å². The molecular formula is C22H25FO3. The number of halogens is 1. The number of hydrogen-bond acceptors (Lipinski definition) is 3. The largest absolute Gasteiger partial charge is 0.462 e. The van der Waals surface area contributed by atoms with Crippen LogP contribution in [0.2, 0.25) is 0 Å². The van der Waals surface area contributed by atoms with E-state index in [1.54, 1.807) is 12.1 Å². The molecule has 0 amide bonds. The Labute approximate surface area is 153 Å². The van der Waals surface area contributed by atoms with Gasteiger partial charge in [0.1, 0.15) is 11.9 Å². The van der Waals surface area contributed by atoms with Crippen LogP contribution in [0, 0.1) is 16.6 Å². The van der Waals surface area contributed by atoms with Crippen LogP contribution in [0.4, 0.5) is 4.39 Å². The average molecular weight is 356 g/mol. The summed E-state index contributed by atoms with van der Waals surface area (Å²) in [7, 11) is 0. The van der Waals surface area contributed by atoms with Crippen LogP contribution in [0.1, 0.15) is 81.4 Å². The van der Waals surface area contributed by atoms with E-state index >= 15 is 0 Å². The number of esters is 1. The van der Waals surface area contributed by atoms with E-state index in [-0.39, 0.29) is 46.3 Å². The standard InChI is InChI=1S/C22H25FO3/c1-13(24)25-18-11-22-19-16-9-14(23)5-6-15(16)17(26-22)10-21(19,22)12-20(18)7-3-2-4-8-20/h5-6,9,17-19H,2-4,7-8,10-12H2,1H3/t17-,18?,19-,21-,22-/m0/s1. The first-order chi connectivity index (χ1) is 12.5. The van der Waals surface area contributed by atoms with Gasteiger partial charge in [-0.15, -0.1) is 0 Å². The molecule has 1 unspecified atom stereocenters. The smallest absolute Gasteiger partial charge is 0.302 e. The first kappa shape index (κ1) is 15.6. The predicted octanol–water partition coefficient (Wildman–Crippen LogP) is 4.80. The predicted molar refractivity (Wildman–Crippen MR) is 93.1 cm³/mol. The monoisotopic (exact) mass is 356 g/mol. The zero-order valence-electron chi connectivity index (χ0n) is 15.2. The number of carbonyl (C=O) groups is 1. The van der Waals surface area contributed by atoms with Gasteiger partial charge in [-0.3, -0.25) is 4.79 Å². The molecule has 4 heteroatoms. The van der Waals surface area contributed by atoms with Gasteiger partial charge in [-0.2, -0.15) is 0 Å². The fraction of sp³-hybridized carbons (Fsp3) is 0.682. The Morgan fingerprint density at radius 3 is 2.77 bits per heavy atom. The molecule has 6 aliphatic rings. The SMILES string of the molecule is CC(=O)OC1C[C@@]23O[C@H]4C[C@]2(CC12CCCCC2)[C@@H]3c1cc(F)ccc14. The maximum atomic E-state index is 14.0. The van der Waals surface area contributed by atoms with Crippen molar-refractivity contribution in [1.29, 1.82) is 0 Å². The van der Waals surface area contributed by atoms with Crippen LogP contribution in [0.3, 0.4) is 0 Å². The minimum Gasteiger partial charge on any atom is -0.462 e. The van der Waals surface area contributed by atoms with Crippen LogP contribution in [0.5, 0.6) is 0 Å². The molecule has 4 fully saturated rings. The highest BCUT2D eigenvalue weighted by atomic mass is 19.1. The molecule has 138 valence electrons. The zero-order chi connectivity index (χ0) is 17.7. The van der Waals surface area contributed by atoms with Gasteiger partial charge in [0, 0.05) is 30.1 Å². The number of benzene rings is 1. The Morgan fingerprint density at radius 1 is 1.19 bits per heavy atom. The van der Waals surface area contributed by atoms with Crippen molar-refractivity contribution >= 4 is 5.97 Å². The van der Waals surface area contributed by atoms with Gasteiger partial charge in [0.25, 0.3) is 0 Å². The molecule has 4 bridgehead atoms. The van der Waals surface area contributed by atoms with Crippen molar-refractivity contribution in [2.24, 2.45) is 10.8 Å². The lowest BCUT2D eigenvalue weighted by Crippen LogP contribution is -2.48. The summed E-state index contributed by atoms with van der Waals surface area (Å²) in [5, 5.41) is 0. The van der Waals surface area contributed by atoms with E-state index in [0.717, 1.165) is 32.1 Å². The quantitative estimate of drug-likeness (QED) is 0.678. The highest BCUT2D eigenvalue weighted by Gasteiger charge is 2.87. The minimum absolute atomic E-state index is 0.0488. The van der Waals surface area contributed by atoms with Crippen LogP contribution in [-0.4, -0.2) is 17.7 Å². The highest BCUT2D eigenvalue weighted by molar-refractivity contribution is 5.66. The lowest BCUT2D eigenvalue weighted by molar-refractivity contribution is -0.169. The molecule has 26 heavy (non-hydrogen) atoms. The van der Waals surface area contributed by atoms with Gasteiger partial charge in [0.05, 0.1) is 11.7 Å². The van der Waals surface area contributed by atoms with Gasteiger partial charge >= 0.3 is 5.97 Å². The highest BCUT2D eigenvalue weighted by Crippen LogP contribution is 2.88. The first-order valence-corrected chi connectivity index (χ1v) is 10.1. The minimum atomic E-state index is -0.221. The number of carbonyl (C=O) groups excluding carboxylic acids is 1. The van der Waals surface area contributed by atoms with Gasteiger partial charge < -0.3 is 9.47 Å². The van der Waals surface area contributed by atoms with Gasteiger partial charge in [-0.1, -0.05) is 25.3 Å². The number of rotatable bonds is 1. The van der Waals surface area contributed by atoms with Crippen molar-refractivity contribution in [3.8, 4) is 0 Å². The maximum Gasteiger partial charge on any atom is 0.302 e. The van der Waals surface area contributed by atoms with E-state index in [9.17, 15) is 9.18 Å². The summed E-state index contributed by atoms with van der Waals surface area (Å²) in [6.45, 7) is 1.52. The third kappa shape index (κ3) is 1.66. The molecule has 5 atom stereocenters. The summed E-state index contributed by atoms with van der Waals surface area (Å²) in [5.74, 6) is -0.0479. The Kier molecular flexibility index (Phi) is 2.82. The lowest BCUT2D eigenvalue weighted by atomic mass is 9.59. The second kappa shape index (κ2) is 4.70. The van der Waals surface area contributed by atoms with E-state index in [1.807, 2.05) is 6.07 Å². The molecular weight excluding hydrogens is 331 g/mol. The van der Waals surface area contributed by atoms with Crippen LogP contribution < -0.4 is 0 Å². The molecule has 3 spiro atoms. The molecule has 2 heterocycles. The second-order valence-corrected chi connectivity index (χ2v) is 9.46. The maximum absolute atomic E-state index is 14.0. The van der Waals surface area contributed by atoms with Crippen molar-refractivity contribution in [3.05, 3.63) is 35.1 Å². The lowest BCUT2D eigenvalue weighted by Gasteiger charge is -2.48. The summed E-state index contributed by atoms with van der Waals surface area (Å²) in [6.07, 6.45) is 9.00. The van der Waals surface area contributed by atoms with Gasteiger partial charge in [-0.25, -0.2) is 4.39 Å². The van der Waals surface area contributed by atoms with Crippen LogP contribution in [0.15, 0.2) is 18.2 Å². The zero-order valence-corrected chi connectivity index (χ0v) is 15.2. The summed E-state index contributed by atoms with van der Waals surface area (Å²) < 4.78 is 26.5. The summed E-state index contributed by atoms with van der Waals surface area (Å²) in [5.41, 5.74) is 2.38. The van der Waals surface area contributed by atoms with E-state index in [0.29, 0.717) is 0 Å². The van der Waals surface area contributed by atoms with Crippen molar-refractivity contribution in [2.75, 3.05) is 0 Å². The molecule has 3 nitrogen and oxygen atoms in total. The van der Waals surface area contributed by atoms with E-state index < -0.39 is 0 Å². The molecule has 1 saturated heterocycles. The van der Waals surface area contributed by atoms with Gasteiger partial charge in [0.15, 0.2) is 0 Å². The topological polar surface area (TPSA) is 35.5 Å². The molecule has 1 aromatic carbocycles. The summed E-state index contributed by atoms with van der Waals surface area (Å²) in [6, 6.07) is 5.21. The molecule has 4 aliphatic carbocycles. The van der Waals surface area contributed by atoms with E-state index in [4.69, 9.17) is 9.47 Å². The van der Waals surface area contributed by atoms with Crippen molar-refractivity contribution in [3.63, 3.8) is 0 Å². The van der Waals surface area contributed by atoms with Crippen molar-refractivity contribution < 1.29 is 18.7 Å². The number of hydrogen-bond donors (Lipinski definition) is 0. The first-order valence-electron chi connectivity index (χ1n) is 10.1. The molecule has 0 N–H and O–H groups in total. The van der Waals surface area contributed by atoms with Crippen LogP contribution >= 0.6 is 0 Å². The van der Waals surface area contributed by atoms with Crippen molar-refractivity contribution in [2.45, 2.75) is 82.0 Å². The third-order valence-corrected chi connectivity index (χ3v) is 8.38. The Balaban J connectivity index is 1.45. The molecule has 0 aromatic heterocycles. The number of ether oxygens (including phenoxy) is 2. The van der Waals surface area contributed by atoms with E-state index in [2.05, 4.69) is 0 Å². The molecule has 1 aromatic rings. The molecule has 2 aliphatic heterocycles. The Bertz CT molecular complexity index is 814. The van der Waals surface area contributed by atoms with Gasteiger partial charge in [-0.05, 0) is 48.9 Å². The summed E-state index contributed by atoms with van der Waals surface area (Å²) >= 11 is 0. The van der Waals surface area contributed by atoms with E-state index in [1.165, 1.54) is 37.3 Å². The normalized spacial score (nSPS) is 43.5. The van der Waals surface area contributed by atoms with Crippen molar-refractivity contribution in [1.82, 2.24) is 0 Å². The average Bonchev–Trinajstić information content (AvgIpc) is 3.03. The Morgan fingerprint density at radius 2 is 2.00 bits per heavy atom. The molecule has 3 saturated carbocycles. The third-order valence-electron chi connectivity index (χ3n) is 8.38. The fourth-order valence-corrected chi connectivity index (χ4v) is 7.60. The van der Waals surface area contributed by atoms with Gasteiger partial charge in [0.2, 0.25) is 0 Å². The molecule has 7 rings (SSSR count). The second-order valence-electron chi connectivity index (χ2n) is 9.46.